The molecule has 0 saturated heterocycles. The van der Waals surface area contributed by atoms with Crippen molar-refractivity contribution in [3.05, 3.63) is 60.2 Å². The predicted molar refractivity (Wildman–Crippen MR) is 73.4 cm³/mol. The minimum atomic E-state index is -0.148. The maximum atomic E-state index is 11.9. The van der Waals surface area contributed by atoms with Crippen molar-refractivity contribution >= 4 is 11.6 Å². The van der Waals surface area contributed by atoms with E-state index in [1.54, 1.807) is 36.4 Å². The van der Waals surface area contributed by atoms with Crippen LogP contribution in [0.15, 0.2) is 54.6 Å². The van der Waals surface area contributed by atoms with Crippen LogP contribution in [0, 0.1) is 0 Å². The topological polar surface area (TPSA) is 58.6 Å². The number of carbonyl (C=O) groups is 1. The van der Waals surface area contributed by atoms with E-state index in [1.807, 2.05) is 18.2 Å². The fourth-order valence-corrected chi connectivity index (χ4v) is 1.59. The van der Waals surface area contributed by atoms with E-state index in [0.717, 1.165) is 0 Å². The Kier molecular flexibility index (Phi) is 4.53. The fourth-order valence-electron chi connectivity index (χ4n) is 1.59. The highest BCUT2D eigenvalue weighted by atomic mass is 16.5. The zero-order chi connectivity index (χ0) is 13.5. The van der Waals surface area contributed by atoms with Crippen LogP contribution in [-0.4, -0.2) is 24.2 Å². The Balaban J connectivity index is 1.98. The van der Waals surface area contributed by atoms with Gasteiger partial charge in [-0.1, -0.05) is 18.2 Å². The Morgan fingerprint density at radius 3 is 2.37 bits per heavy atom. The maximum absolute atomic E-state index is 11.9. The van der Waals surface area contributed by atoms with E-state index < -0.39 is 0 Å². The molecule has 0 aliphatic heterocycles. The smallest absolute Gasteiger partial charge is 0.255 e. The summed E-state index contributed by atoms with van der Waals surface area (Å²) in [7, 11) is 0. The number of aliphatic hydroxyl groups is 1. The SMILES string of the molecule is O=C(Nc1ccc(OCCO)cc1)c1ccccc1. The molecule has 0 aliphatic carbocycles. The van der Waals surface area contributed by atoms with Crippen LogP contribution >= 0.6 is 0 Å². The molecule has 4 nitrogen and oxygen atoms in total. The van der Waals surface area contributed by atoms with Crippen LogP contribution in [0.5, 0.6) is 5.75 Å². The molecule has 19 heavy (non-hydrogen) atoms. The number of benzene rings is 2. The minimum absolute atomic E-state index is 0.0213. The molecule has 0 bridgehead atoms. The number of carbonyl (C=O) groups excluding carboxylic acids is 1. The fraction of sp³-hybridized carbons (Fsp3) is 0.133. The molecule has 2 N–H and O–H groups in total. The van der Waals surface area contributed by atoms with Crippen molar-refractivity contribution in [2.45, 2.75) is 0 Å². The molecule has 0 spiro atoms. The van der Waals surface area contributed by atoms with Crippen LogP contribution in [0.25, 0.3) is 0 Å². The number of aliphatic hydroxyl groups excluding tert-OH is 1. The summed E-state index contributed by atoms with van der Waals surface area (Å²) in [6.45, 7) is 0.238. The van der Waals surface area contributed by atoms with E-state index in [9.17, 15) is 4.79 Å². The summed E-state index contributed by atoms with van der Waals surface area (Å²) in [5.41, 5.74) is 1.31. The highest BCUT2D eigenvalue weighted by Gasteiger charge is 2.04. The first kappa shape index (κ1) is 13.1. The summed E-state index contributed by atoms with van der Waals surface area (Å²) in [6, 6.07) is 16.0. The van der Waals surface area contributed by atoms with Gasteiger partial charge < -0.3 is 15.2 Å². The van der Waals surface area contributed by atoms with Crippen LogP contribution in [0.4, 0.5) is 5.69 Å². The first-order valence-corrected chi connectivity index (χ1v) is 6.00. The average molecular weight is 257 g/mol. The molecule has 2 rings (SSSR count). The van der Waals surface area contributed by atoms with Crippen molar-refractivity contribution in [3.8, 4) is 5.75 Å². The van der Waals surface area contributed by atoms with Gasteiger partial charge in [-0.3, -0.25) is 4.79 Å². The van der Waals surface area contributed by atoms with Crippen LogP contribution in [0.2, 0.25) is 0 Å². The Bertz CT molecular complexity index is 523. The zero-order valence-corrected chi connectivity index (χ0v) is 10.4. The van der Waals surface area contributed by atoms with Gasteiger partial charge in [0, 0.05) is 11.3 Å². The second-order valence-corrected chi connectivity index (χ2v) is 3.92. The lowest BCUT2D eigenvalue weighted by atomic mass is 10.2. The van der Waals surface area contributed by atoms with Gasteiger partial charge in [0.15, 0.2) is 0 Å². The van der Waals surface area contributed by atoms with E-state index in [0.29, 0.717) is 17.0 Å². The Hall–Kier alpha value is -2.33. The molecule has 0 fully saturated rings. The number of amides is 1. The number of rotatable bonds is 5. The van der Waals surface area contributed by atoms with Crippen LogP contribution < -0.4 is 10.1 Å². The molecule has 2 aromatic carbocycles. The Labute approximate surface area is 111 Å². The number of ether oxygens (including phenoxy) is 1. The van der Waals surface area contributed by atoms with E-state index in [2.05, 4.69) is 5.32 Å². The summed E-state index contributed by atoms with van der Waals surface area (Å²) in [5, 5.41) is 11.4. The molecule has 1 amide bonds. The van der Waals surface area contributed by atoms with E-state index in [4.69, 9.17) is 9.84 Å². The summed E-state index contributed by atoms with van der Waals surface area (Å²) in [4.78, 5) is 11.9. The molecule has 0 radical (unpaired) electrons. The van der Waals surface area contributed by atoms with Gasteiger partial charge in [-0.2, -0.15) is 0 Å². The summed E-state index contributed by atoms with van der Waals surface area (Å²) < 4.78 is 5.24. The summed E-state index contributed by atoms with van der Waals surface area (Å²) in [5.74, 6) is 0.511. The molecule has 0 saturated carbocycles. The standard InChI is InChI=1S/C15H15NO3/c17-10-11-19-14-8-6-13(7-9-14)16-15(18)12-4-2-1-3-5-12/h1-9,17H,10-11H2,(H,16,18). The monoisotopic (exact) mass is 257 g/mol. The van der Waals surface area contributed by atoms with Gasteiger partial charge in [-0.15, -0.1) is 0 Å². The van der Waals surface area contributed by atoms with Crippen LogP contribution in [0.1, 0.15) is 10.4 Å². The van der Waals surface area contributed by atoms with Crippen molar-refractivity contribution < 1.29 is 14.6 Å². The van der Waals surface area contributed by atoms with Crippen LogP contribution in [-0.2, 0) is 0 Å². The van der Waals surface area contributed by atoms with E-state index in [1.165, 1.54) is 0 Å². The van der Waals surface area contributed by atoms with E-state index >= 15 is 0 Å². The molecule has 0 unspecified atom stereocenters. The lowest BCUT2D eigenvalue weighted by Gasteiger charge is -2.07. The van der Waals surface area contributed by atoms with Crippen molar-refractivity contribution in [2.24, 2.45) is 0 Å². The molecule has 98 valence electrons. The normalized spacial score (nSPS) is 9.95. The second-order valence-electron chi connectivity index (χ2n) is 3.92. The van der Waals surface area contributed by atoms with Gasteiger partial charge in [-0.05, 0) is 36.4 Å². The number of anilines is 1. The van der Waals surface area contributed by atoms with Crippen molar-refractivity contribution in [1.29, 1.82) is 0 Å². The first-order valence-electron chi connectivity index (χ1n) is 6.00. The molecular weight excluding hydrogens is 242 g/mol. The lowest BCUT2D eigenvalue weighted by molar-refractivity contribution is 0.102. The Morgan fingerprint density at radius 2 is 1.74 bits per heavy atom. The van der Waals surface area contributed by atoms with Gasteiger partial charge in [0.25, 0.3) is 5.91 Å². The third kappa shape index (κ3) is 3.82. The minimum Gasteiger partial charge on any atom is -0.491 e. The summed E-state index contributed by atoms with van der Waals surface area (Å²) >= 11 is 0. The maximum Gasteiger partial charge on any atom is 0.255 e. The average Bonchev–Trinajstić information content (AvgIpc) is 2.47. The second kappa shape index (κ2) is 6.56. The Morgan fingerprint density at radius 1 is 1.05 bits per heavy atom. The predicted octanol–water partition coefficient (Wildman–Crippen LogP) is 2.31. The number of nitrogens with one attached hydrogen (secondary N) is 1. The molecule has 2 aromatic rings. The molecule has 0 atom stereocenters. The molecular formula is C15H15NO3. The number of hydrogen-bond donors (Lipinski definition) is 2. The largest absolute Gasteiger partial charge is 0.491 e. The third-order valence-corrected chi connectivity index (χ3v) is 2.51. The van der Waals surface area contributed by atoms with Crippen LogP contribution in [0.3, 0.4) is 0 Å². The van der Waals surface area contributed by atoms with Gasteiger partial charge in [-0.25, -0.2) is 0 Å². The van der Waals surface area contributed by atoms with Crippen molar-refractivity contribution in [2.75, 3.05) is 18.5 Å². The first-order chi connectivity index (χ1) is 9.29. The summed E-state index contributed by atoms with van der Waals surface area (Å²) in [6.07, 6.45) is 0. The highest BCUT2D eigenvalue weighted by molar-refractivity contribution is 6.04. The van der Waals surface area contributed by atoms with Crippen molar-refractivity contribution in [1.82, 2.24) is 0 Å². The van der Waals surface area contributed by atoms with Gasteiger partial charge in [0.05, 0.1) is 6.61 Å². The zero-order valence-electron chi connectivity index (χ0n) is 10.4. The van der Waals surface area contributed by atoms with Gasteiger partial charge in [0.2, 0.25) is 0 Å². The number of hydrogen-bond acceptors (Lipinski definition) is 3. The quantitative estimate of drug-likeness (QED) is 0.864. The van der Waals surface area contributed by atoms with Gasteiger partial charge >= 0.3 is 0 Å². The molecule has 4 heteroatoms. The van der Waals surface area contributed by atoms with Gasteiger partial charge in [0.1, 0.15) is 12.4 Å². The van der Waals surface area contributed by atoms with E-state index in [-0.39, 0.29) is 19.1 Å². The lowest BCUT2D eigenvalue weighted by Crippen LogP contribution is -2.11. The molecule has 0 aliphatic rings. The third-order valence-electron chi connectivity index (χ3n) is 2.51. The highest BCUT2D eigenvalue weighted by Crippen LogP contribution is 2.16. The van der Waals surface area contributed by atoms with Crippen molar-refractivity contribution in [3.63, 3.8) is 0 Å². The molecule has 0 aromatic heterocycles. The molecule has 0 heterocycles.